The Bertz CT molecular complexity index is 340. The number of likely N-dealkylation sites (N-methyl/N-ethyl adjacent to an activating group) is 1. The van der Waals surface area contributed by atoms with Crippen molar-refractivity contribution >= 4 is 17.3 Å². The summed E-state index contributed by atoms with van der Waals surface area (Å²) in [6.45, 7) is 3.42. The normalized spacial score (nSPS) is 20.8. The van der Waals surface area contributed by atoms with Crippen molar-refractivity contribution in [1.29, 1.82) is 0 Å². The molecule has 1 aliphatic heterocycles. The molecule has 1 heterocycles. The Morgan fingerprint density at radius 3 is 3.00 bits per heavy atom. The molecule has 0 aliphatic carbocycles. The van der Waals surface area contributed by atoms with Crippen molar-refractivity contribution in [3.8, 4) is 0 Å². The van der Waals surface area contributed by atoms with E-state index >= 15 is 0 Å². The topological polar surface area (TPSA) is 24.5 Å². The van der Waals surface area contributed by atoms with Gasteiger partial charge < -0.3 is 15.0 Å². The van der Waals surface area contributed by atoms with Crippen molar-refractivity contribution in [2.24, 2.45) is 0 Å². The van der Waals surface area contributed by atoms with Crippen molar-refractivity contribution in [2.45, 2.75) is 6.04 Å². The summed E-state index contributed by atoms with van der Waals surface area (Å²) < 4.78 is 5.43. The number of para-hydroxylation sites is 1. The average Bonchev–Trinajstić information content (AvgIpc) is 2.31. The molecule has 0 spiro atoms. The number of nitrogens with zero attached hydrogens (tertiary/aromatic N) is 1. The van der Waals surface area contributed by atoms with Crippen LogP contribution in [0.15, 0.2) is 24.3 Å². The number of hydrogen-bond donors (Lipinski definition) is 1. The largest absolute Gasteiger partial charge is 0.378 e. The maximum absolute atomic E-state index is 6.14. The van der Waals surface area contributed by atoms with Crippen LogP contribution in [-0.2, 0) is 4.74 Å². The molecular formula is C12H17ClN2O. The summed E-state index contributed by atoms with van der Waals surface area (Å²) >= 11 is 6.14. The van der Waals surface area contributed by atoms with Crippen LogP contribution < -0.4 is 10.2 Å². The summed E-state index contributed by atoms with van der Waals surface area (Å²) in [4.78, 5) is 2.16. The molecule has 1 aromatic rings. The molecule has 1 aromatic carbocycles. The third kappa shape index (κ3) is 2.88. The van der Waals surface area contributed by atoms with E-state index in [1.54, 1.807) is 0 Å². The summed E-state index contributed by atoms with van der Waals surface area (Å²) in [5.74, 6) is 0. The molecule has 4 heteroatoms. The van der Waals surface area contributed by atoms with Crippen molar-refractivity contribution < 1.29 is 4.74 Å². The second-order valence-electron chi connectivity index (χ2n) is 4.06. The number of morpholine rings is 1. The molecule has 0 radical (unpaired) electrons. The maximum Gasteiger partial charge on any atom is 0.0639 e. The second-order valence-corrected chi connectivity index (χ2v) is 4.47. The van der Waals surface area contributed by atoms with Gasteiger partial charge in [0, 0.05) is 26.2 Å². The first-order chi connectivity index (χ1) is 7.77. The van der Waals surface area contributed by atoms with Crippen LogP contribution in [0.1, 0.15) is 0 Å². The van der Waals surface area contributed by atoms with Gasteiger partial charge in [-0.25, -0.2) is 0 Å². The molecule has 1 aliphatic rings. The number of halogens is 1. The van der Waals surface area contributed by atoms with E-state index in [2.05, 4.69) is 17.3 Å². The molecule has 1 N–H and O–H groups in total. The highest BCUT2D eigenvalue weighted by molar-refractivity contribution is 6.33. The highest BCUT2D eigenvalue weighted by atomic mass is 35.5. The Balaban J connectivity index is 1.96. The molecule has 1 atom stereocenters. The molecular weight excluding hydrogens is 224 g/mol. The highest BCUT2D eigenvalue weighted by Gasteiger charge is 2.16. The second kappa shape index (κ2) is 5.53. The van der Waals surface area contributed by atoms with Crippen LogP contribution in [0.2, 0.25) is 5.02 Å². The van der Waals surface area contributed by atoms with Crippen LogP contribution in [0.25, 0.3) is 0 Å². The average molecular weight is 241 g/mol. The van der Waals surface area contributed by atoms with E-state index in [0.717, 1.165) is 37.0 Å². The van der Waals surface area contributed by atoms with Crippen LogP contribution >= 0.6 is 11.6 Å². The minimum atomic E-state index is 0.384. The third-order valence-electron chi connectivity index (χ3n) is 2.76. The number of nitrogens with one attached hydrogen (secondary N) is 1. The number of ether oxygens (including phenoxy) is 1. The molecule has 1 fully saturated rings. The van der Waals surface area contributed by atoms with Gasteiger partial charge in [0.15, 0.2) is 0 Å². The van der Waals surface area contributed by atoms with Gasteiger partial charge in [-0.2, -0.15) is 0 Å². The van der Waals surface area contributed by atoms with E-state index in [4.69, 9.17) is 16.3 Å². The lowest BCUT2D eigenvalue weighted by atomic mass is 10.2. The van der Waals surface area contributed by atoms with Gasteiger partial charge in [-0.3, -0.25) is 0 Å². The van der Waals surface area contributed by atoms with Crippen molar-refractivity contribution in [3.63, 3.8) is 0 Å². The van der Waals surface area contributed by atoms with Gasteiger partial charge in [-0.05, 0) is 12.1 Å². The van der Waals surface area contributed by atoms with E-state index in [-0.39, 0.29) is 0 Å². The van der Waals surface area contributed by atoms with Crippen LogP contribution in [0.3, 0.4) is 0 Å². The Kier molecular flexibility index (Phi) is 4.04. The van der Waals surface area contributed by atoms with Crippen LogP contribution in [0, 0.1) is 0 Å². The standard InChI is InChI=1S/C12H17ClN2O/c1-15(8-10-9-16-7-6-14-10)12-5-3-2-4-11(12)13/h2-5,10,14H,6-9H2,1H3. The third-order valence-corrected chi connectivity index (χ3v) is 3.08. The Morgan fingerprint density at radius 2 is 2.31 bits per heavy atom. The quantitative estimate of drug-likeness (QED) is 0.872. The van der Waals surface area contributed by atoms with Gasteiger partial charge in [-0.1, -0.05) is 23.7 Å². The Labute approximate surface area is 101 Å². The van der Waals surface area contributed by atoms with Crippen molar-refractivity contribution in [3.05, 3.63) is 29.3 Å². The monoisotopic (exact) mass is 240 g/mol. The molecule has 16 heavy (non-hydrogen) atoms. The smallest absolute Gasteiger partial charge is 0.0639 e. The number of anilines is 1. The summed E-state index contributed by atoms with van der Waals surface area (Å²) in [7, 11) is 2.05. The number of hydrogen-bond acceptors (Lipinski definition) is 3. The van der Waals surface area contributed by atoms with E-state index in [1.807, 2.05) is 24.3 Å². The minimum absolute atomic E-state index is 0.384. The van der Waals surface area contributed by atoms with Crippen LogP contribution in [0.5, 0.6) is 0 Å². The minimum Gasteiger partial charge on any atom is -0.378 e. The predicted molar refractivity (Wildman–Crippen MR) is 67.3 cm³/mol. The summed E-state index contributed by atoms with van der Waals surface area (Å²) in [5, 5.41) is 4.22. The lowest BCUT2D eigenvalue weighted by molar-refractivity contribution is 0.0791. The van der Waals surface area contributed by atoms with E-state index in [1.165, 1.54) is 0 Å². The summed E-state index contributed by atoms with van der Waals surface area (Å²) in [6.07, 6.45) is 0. The van der Waals surface area contributed by atoms with Gasteiger partial charge >= 0.3 is 0 Å². The molecule has 1 saturated heterocycles. The lowest BCUT2D eigenvalue weighted by Gasteiger charge is -2.29. The zero-order valence-corrected chi connectivity index (χ0v) is 10.2. The van der Waals surface area contributed by atoms with Gasteiger partial charge in [0.05, 0.1) is 23.9 Å². The Morgan fingerprint density at radius 1 is 1.50 bits per heavy atom. The zero-order valence-electron chi connectivity index (χ0n) is 9.45. The Hall–Kier alpha value is -0.770. The molecule has 0 bridgehead atoms. The molecule has 0 aromatic heterocycles. The zero-order chi connectivity index (χ0) is 11.4. The van der Waals surface area contributed by atoms with Crippen LogP contribution in [0.4, 0.5) is 5.69 Å². The fraction of sp³-hybridized carbons (Fsp3) is 0.500. The lowest BCUT2D eigenvalue weighted by Crippen LogP contribution is -2.47. The summed E-state index contributed by atoms with van der Waals surface area (Å²) in [5.41, 5.74) is 1.07. The molecule has 2 rings (SSSR count). The van der Waals surface area contributed by atoms with Gasteiger partial charge in [-0.15, -0.1) is 0 Å². The predicted octanol–water partition coefficient (Wildman–Crippen LogP) is 1.76. The molecule has 88 valence electrons. The maximum atomic E-state index is 6.14. The van der Waals surface area contributed by atoms with Gasteiger partial charge in [0.2, 0.25) is 0 Å². The summed E-state index contributed by atoms with van der Waals surface area (Å²) in [6, 6.07) is 8.28. The number of rotatable bonds is 3. The molecule has 3 nitrogen and oxygen atoms in total. The van der Waals surface area contributed by atoms with E-state index in [0.29, 0.717) is 6.04 Å². The van der Waals surface area contributed by atoms with Crippen molar-refractivity contribution in [1.82, 2.24) is 5.32 Å². The molecule has 0 saturated carbocycles. The first-order valence-electron chi connectivity index (χ1n) is 5.54. The highest BCUT2D eigenvalue weighted by Crippen LogP contribution is 2.24. The van der Waals surface area contributed by atoms with Gasteiger partial charge in [0.25, 0.3) is 0 Å². The fourth-order valence-electron chi connectivity index (χ4n) is 1.93. The SMILES string of the molecule is CN(CC1COCCN1)c1ccccc1Cl. The van der Waals surface area contributed by atoms with E-state index < -0.39 is 0 Å². The van der Waals surface area contributed by atoms with Crippen molar-refractivity contribution in [2.75, 3.05) is 38.3 Å². The molecule has 0 amide bonds. The van der Waals surface area contributed by atoms with Crippen LogP contribution in [-0.4, -0.2) is 39.4 Å². The fourth-order valence-corrected chi connectivity index (χ4v) is 2.21. The molecule has 1 unspecified atom stereocenters. The first kappa shape index (κ1) is 11.7. The first-order valence-corrected chi connectivity index (χ1v) is 5.92. The van der Waals surface area contributed by atoms with E-state index in [9.17, 15) is 0 Å². The van der Waals surface area contributed by atoms with Gasteiger partial charge in [0.1, 0.15) is 0 Å². The number of benzene rings is 1.